The first-order valence-electron chi connectivity index (χ1n) is 7.48. The van der Waals surface area contributed by atoms with Crippen LogP contribution in [0.3, 0.4) is 0 Å². The van der Waals surface area contributed by atoms with Gasteiger partial charge in [-0.05, 0) is 31.7 Å². The smallest absolute Gasteiger partial charge is 0.192 e. The first kappa shape index (κ1) is 13.4. The number of allylic oxidation sites excluding steroid dienone is 1. The molecule has 1 aliphatic carbocycles. The van der Waals surface area contributed by atoms with E-state index >= 15 is 0 Å². The number of ether oxygens (including phenoxy) is 1. The van der Waals surface area contributed by atoms with Gasteiger partial charge in [-0.2, -0.15) is 0 Å². The summed E-state index contributed by atoms with van der Waals surface area (Å²) in [5.41, 5.74) is 5.36. The van der Waals surface area contributed by atoms with Crippen LogP contribution in [-0.2, 0) is 17.6 Å². The number of fused-ring (bicyclic) bond motifs is 1. The fourth-order valence-electron chi connectivity index (χ4n) is 3.22. The third kappa shape index (κ3) is 2.29. The molecule has 0 atom stereocenters. The molecule has 2 aliphatic rings. The van der Waals surface area contributed by atoms with E-state index in [2.05, 4.69) is 29.9 Å². The van der Waals surface area contributed by atoms with Crippen LogP contribution in [0.1, 0.15) is 40.7 Å². The topological polar surface area (TPSA) is 45.3 Å². The molecule has 1 aromatic rings. The highest BCUT2D eigenvalue weighted by atomic mass is 16.5. The van der Waals surface area contributed by atoms with Crippen LogP contribution in [-0.4, -0.2) is 42.0 Å². The van der Waals surface area contributed by atoms with Gasteiger partial charge in [0.1, 0.15) is 0 Å². The molecule has 0 saturated carbocycles. The lowest BCUT2D eigenvalue weighted by molar-refractivity contribution is 0.0586. The summed E-state index contributed by atoms with van der Waals surface area (Å²) in [6.07, 6.45) is 4.76. The fourth-order valence-corrected chi connectivity index (χ4v) is 3.22. The van der Waals surface area contributed by atoms with Crippen molar-refractivity contribution in [2.45, 2.75) is 33.1 Å². The quantitative estimate of drug-likeness (QED) is 0.841. The summed E-state index contributed by atoms with van der Waals surface area (Å²) in [5.74, 6) is 0.221. The molecule has 1 saturated heterocycles. The Kier molecular flexibility index (Phi) is 3.66. The Hall–Kier alpha value is -1.55. The molecule has 2 heterocycles. The highest BCUT2D eigenvalue weighted by Gasteiger charge is 2.28. The number of H-pyrrole nitrogens is 1. The number of hydrogen-bond acceptors (Lipinski definition) is 3. The van der Waals surface area contributed by atoms with Crippen molar-refractivity contribution in [1.82, 2.24) is 9.88 Å². The van der Waals surface area contributed by atoms with Crippen LogP contribution < -0.4 is 0 Å². The number of Topliss-reactive ketones (excluding diaryl/α,β-unsaturated/α-hetero) is 1. The van der Waals surface area contributed by atoms with E-state index in [1.807, 2.05) is 0 Å². The molecule has 108 valence electrons. The molecule has 0 radical (unpaired) electrons. The van der Waals surface area contributed by atoms with Gasteiger partial charge in [0.05, 0.1) is 13.2 Å². The van der Waals surface area contributed by atoms with Gasteiger partial charge in [-0.25, -0.2) is 0 Å². The lowest BCUT2D eigenvalue weighted by atomic mass is 9.88. The Morgan fingerprint density at radius 2 is 2.05 bits per heavy atom. The molecule has 0 bridgehead atoms. The van der Waals surface area contributed by atoms with Gasteiger partial charge >= 0.3 is 0 Å². The number of aromatic amines is 1. The van der Waals surface area contributed by atoms with E-state index in [-0.39, 0.29) is 5.78 Å². The molecule has 1 aromatic heterocycles. The number of hydrogen-bond donors (Lipinski definition) is 1. The van der Waals surface area contributed by atoms with Gasteiger partial charge in [0, 0.05) is 41.8 Å². The molecule has 1 aliphatic heterocycles. The van der Waals surface area contributed by atoms with Crippen LogP contribution in [0.25, 0.3) is 0 Å². The van der Waals surface area contributed by atoms with E-state index in [9.17, 15) is 4.79 Å². The van der Waals surface area contributed by atoms with E-state index in [0.29, 0.717) is 0 Å². The van der Waals surface area contributed by atoms with E-state index < -0.39 is 0 Å². The van der Waals surface area contributed by atoms with E-state index in [0.717, 1.165) is 68.1 Å². The van der Waals surface area contributed by atoms with Crippen LogP contribution in [0.5, 0.6) is 0 Å². The second-order valence-corrected chi connectivity index (χ2v) is 5.57. The Morgan fingerprint density at radius 1 is 1.30 bits per heavy atom. The van der Waals surface area contributed by atoms with Gasteiger partial charge in [-0.3, -0.25) is 4.79 Å². The van der Waals surface area contributed by atoms with Crippen LogP contribution in [0.4, 0.5) is 0 Å². The first-order chi connectivity index (χ1) is 9.70. The molecule has 4 heteroatoms. The highest BCUT2D eigenvalue weighted by molar-refractivity contribution is 6.11. The number of rotatable bonds is 2. The molecule has 3 rings (SSSR count). The predicted molar refractivity (Wildman–Crippen MR) is 78.0 cm³/mol. The number of carbonyl (C=O) groups excluding carboxylic acids is 1. The molecule has 0 aromatic carbocycles. The van der Waals surface area contributed by atoms with E-state index in [1.54, 1.807) is 0 Å². The summed E-state index contributed by atoms with van der Waals surface area (Å²) in [4.78, 5) is 18.3. The lowest BCUT2D eigenvalue weighted by Gasteiger charge is -2.27. The third-order valence-corrected chi connectivity index (χ3v) is 4.30. The Bertz CT molecular complexity index is 551. The second-order valence-electron chi connectivity index (χ2n) is 5.57. The summed E-state index contributed by atoms with van der Waals surface area (Å²) < 4.78 is 5.35. The maximum atomic E-state index is 12.7. The van der Waals surface area contributed by atoms with Crippen molar-refractivity contribution >= 4 is 5.78 Å². The normalized spacial score (nSPS) is 21.4. The predicted octanol–water partition coefficient (Wildman–Crippen LogP) is 2.23. The zero-order chi connectivity index (χ0) is 14.1. The zero-order valence-corrected chi connectivity index (χ0v) is 12.3. The first-order valence-corrected chi connectivity index (χ1v) is 7.48. The largest absolute Gasteiger partial charge is 0.378 e. The number of nitrogens with one attached hydrogen (secondary N) is 1. The maximum Gasteiger partial charge on any atom is 0.192 e. The summed E-state index contributed by atoms with van der Waals surface area (Å²) in [5, 5.41) is 0. The average molecular weight is 274 g/mol. The van der Waals surface area contributed by atoms with Gasteiger partial charge in [0.25, 0.3) is 0 Å². The van der Waals surface area contributed by atoms with Crippen molar-refractivity contribution in [2.24, 2.45) is 0 Å². The molecule has 0 amide bonds. The molecule has 20 heavy (non-hydrogen) atoms. The van der Waals surface area contributed by atoms with Crippen molar-refractivity contribution < 1.29 is 9.53 Å². The fraction of sp³-hybridized carbons (Fsp3) is 0.562. The molecule has 0 unspecified atom stereocenters. The molecular formula is C16H22N2O2. The minimum atomic E-state index is 0.221. The van der Waals surface area contributed by atoms with Gasteiger partial charge in [-0.15, -0.1) is 0 Å². The third-order valence-electron chi connectivity index (χ3n) is 4.30. The molecule has 4 nitrogen and oxygen atoms in total. The summed E-state index contributed by atoms with van der Waals surface area (Å²) >= 11 is 0. The van der Waals surface area contributed by atoms with Gasteiger partial charge < -0.3 is 14.6 Å². The maximum absolute atomic E-state index is 12.7. The minimum Gasteiger partial charge on any atom is -0.378 e. The van der Waals surface area contributed by atoms with Crippen molar-refractivity contribution in [1.29, 1.82) is 0 Å². The number of morpholine rings is 1. The van der Waals surface area contributed by atoms with Gasteiger partial charge in [0.2, 0.25) is 0 Å². The average Bonchev–Trinajstić information content (AvgIpc) is 2.79. The summed E-state index contributed by atoms with van der Waals surface area (Å²) in [6, 6.07) is 0. The van der Waals surface area contributed by atoms with Gasteiger partial charge in [-0.1, -0.05) is 6.92 Å². The highest BCUT2D eigenvalue weighted by Crippen LogP contribution is 2.30. The standard InChI is InChI=1S/C16H22N2O2/c1-3-13-11(2)17-14-5-4-12(16(19)15(13)14)10-18-6-8-20-9-7-18/h10,17H,3-9H2,1-2H3. The summed E-state index contributed by atoms with van der Waals surface area (Å²) in [6.45, 7) is 7.46. The molecular weight excluding hydrogens is 252 g/mol. The Morgan fingerprint density at radius 3 is 2.75 bits per heavy atom. The lowest BCUT2D eigenvalue weighted by Crippen LogP contribution is -2.33. The Balaban J connectivity index is 1.90. The Labute approximate surface area is 119 Å². The molecule has 1 fully saturated rings. The number of carbonyl (C=O) groups is 1. The van der Waals surface area contributed by atoms with Crippen molar-refractivity contribution in [3.63, 3.8) is 0 Å². The monoisotopic (exact) mass is 274 g/mol. The SMILES string of the molecule is CCc1c(C)[nH]c2c1C(=O)C(=CN1CCOCC1)CC2. The number of aromatic nitrogens is 1. The van der Waals surface area contributed by atoms with Crippen molar-refractivity contribution in [3.8, 4) is 0 Å². The number of ketones is 1. The number of nitrogens with zero attached hydrogens (tertiary/aromatic N) is 1. The van der Waals surface area contributed by atoms with E-state index in [1.165, 1.54) is 5.56 Å². The molecule has 0 spiro atoms. The van der Waals surface area contributed by atoms with Crippen LogP contribution >= 0.6 is 0 Å². The minimum absolute atomic E-state index is 0.221. The van der Waals surface area contributed by atoms with Crippen LogP contribution in [0.2, 0.25) is 0 Å². The second kappa shape index (κ2) is 5.44. The molecule has 1 N–H and O–H groups in total. The van der Waals surface area contributed by atoms with Crippen LogP contribution in [0.15, 0.2) is 11.8 Å². The van der Waals surface area contributed by atoms with E-state index in [4.69, 9.17) is 4.74 Å². The number of aryl methyl sites for hydroxylation is 2. The van der Waals surface area contributed by atoms with Crippen molar-refractivity contribution in [2.75, 3.05) is 26.3 Å². The zero-order valence-electron chi connectivity index (χ0n) is 12.3. The van der Waals surface area contributed by atoms with Crippen molar-refractivity contribution in [3.05, 3.63) is 34.3 Å². The summed E-state index contributed by atoms with van der Waals surface area (Å²) in [7, 11) is 0. The van der Waals surface area contributed by atoms with Crippen LogP contribution in [0, 0.1) is 6.92 Å². The van der Waals surface area contributed by atoms with Gasteiger partial charge in [0.15, 0.2) is 5.78 Å².